The first-order chi connectivity index (χ1) is 21.6. The van der Waals surface area contributed by atoms with Crippen molar-refractivity contribution in [3.63, 3.8) is 0 Å². The Kier molecular flexibility index (Phi) is 8.46. The first-order valence-electron chi connectivity index (χ1n) is 14.6. The van der Waals surface area contributed by atoms with Crippen molar-refractivity contribution in [2.24, 2.45) is 0 Å². The van der Waals surface area contributed by atoms with Crippen molar-refractivity contribution >= 4 is 39.3 Å². The number of halogens is 2. The summed E-state index contributed by atoms with van der Waals surface area (Å²) in [6, 6.07) is 12.2. The Hall–Kier alpha value is -3.78. The van der Waals surface area contributed by atoms with Crippen LogP contribution in [0.25, 0.3) is 0 Å². The van der Waals surface area contributed by atoms with Crippen molar-refractivity contribution in [2.45, 2.75) is 29.4 Å². The van der Waals surface area contributed by atoms with Gasteiger partial charge >= 0.3 is 6.09 Å². The molecule has 2 amide bonds. The molecule has 1 unspecified atom stereocenters. The van der Waals surface area contributed by atoms with Crippen LogP contribution in [0.5, 0.6) is 5.88 Å². The predicted octanol–water partition coefficient (Wildman–Crippen LogP) is 3.71. The third-order valence-electron chi connectivity index (χ3n) is 8.76. The summed E-state index contributed by atoms with van der Waals surface area (Å²) in [7, 11) is -1.40. The number of pyridine rings is 1. The maximum Gasteiger partial charge on any atom is 0.411 e. The molecule has 1 atom stereocenters. The number of methoxy groups -OCH3 is 1. The van der Waals surface area contributed by atoms with Gasteiger partial charge in [-0.2, -0.15) is 4.31 Å². The first-order valence-corrected chi connectivity index (χ1v) is 16.4. The number of carbonyl (C=O) groups is 2. The molecule has 3 aliphatic rings. The lowest BCUT2D eigenvalue weighted by atomic mass is 9.87. The van der Waals surface area contributed by atoms with Crippen LogP contribution >= 0.6 is 11.6 Å². The number of sulfonamides is 1. The van der Waals surface area contributed by atoms with Gasteiger partial charge < -0.3 is 19.3 Å². The lowest BCUT2D eigenvalue weighted by molar-refractivity contribution is -0.132. The smallest absolute Gasteiger partial charge is 0.411 e. The summed E-state index contributed by atoms with van der Waals surface area (Å²) in [4.78, 5) is 38.3. The Morgan fingerprint density at radius 1 is 1.00 bits per heavy atom. The third-order valence-corrected chi connectivity index (χ3v) is 10.7. The quantitative estimate of drug-likeness (QED) is 0.392. The van der Waals surface area contributed by atoms with Crippen LogP contribution in [0.4, 0.5) is 14.9 Å². The second kappa shape index (κ2) is 12.2. The molecule has 2 aromatic carbocycles. The topological polar surface area (TPSA) is 113 Å². The average Bonchev–Trinajstić information content (AvgIpc) is 3.29. The lowest BCUT2D eigenvalue weighted by Crippen LogP contribution is -2.55. The highest BCUT2D eigenvalue weighted by molar-refractivity contribution is 7.93. The zero-order valence-electron chi connectivity index (χ0n) is 24.9. The molecule has 0 saturated carbocycles. The highest BCUT2D eigenvalue weighted by atomic mass is 35.5. The molecule has 14 heteroatoms. The average molecular weight is 658 g/mol. The molecule has 0 bridgehead atoms. The molecule has 3 aromatic rings. The second-order valence-corrected chi connectivity index (χ2v) is 13.5. The number of aromatic nitrogens is 1. The number of piperazine rings is 1. The van der Waals surface area contributed by atoms with Gasteiger partial charge in [-0.25, -0.2) is 22.6 Å². The molecule has 0 spiro atoms. The number of anilines is 1. The van der Waals surface area contributed by atoms with Gasteiger partial charge in [-0.3, -0.25) is 9.69 Å². The van der Waals surface area contributed by atoms with Crippen LogP contribution in [-0.2, 0) is 25.2 Å². The molecule has 4 heterocycles. The Bertz CT molecular complexity index is 1730. The molecule has 0 radical (unpaired) electrons. The van der Waals surface area contributed by atoms with E-state index in [0.29, 0.717) is 36.5 Å². The van der Waals surface area contributed by atoms with Crippen molar-refractivity contribution in [1.82, 2.24) is 19.7 Å². The Balaban J connectivity index is 1.41. The van der Waals surface area contributed by atoms with Gasteiger partial charge in [-0.1, -0.05) is 23.7 Å². The monoisotopic (exact) mass is 657 g/mol. The summed E-state index contributed by atoms with van der Waals surface area (Å²) < 4.78 is 55.1. The van der Waals surface area contributed by atoms with E-state index in [1.165, 1.54) is 60.7 Å². The van der Waals surface area contributed by atoms with Crippen molar-refractivity contribution in [2.75, 3.05) is 57.7 Å². The molecule has 2 fully saturated rings. The molecule has 0 aliphatic carbocycles. The van der Waals surface area contributed by atoms with Gasteiger partial charge in [-0.05, 0) is 75.4 Å². The summed E-state index contributed by atoms with van der Waals surface area (Å²) in [5.41, 5.74) is -2.55. The fourth-order valence-corrected chi connectivity index (χ4v) is 8.09. The normalized spacial score (nSPS) is 21.6. The van der Waals surface area contributed by atoms with E-state index in [9.17, 15) is 22.4 Å². The minimum Gasteiger partial charge on any atom is -0.481 e. The van der Waals surface area contributed by atoms with Crippen molar-refractivity contribution in [1.29, 1.82) is 0 Å². The molecule has 2 saturated heterocycles. The largest absolute Gasteiger partial charge is 0.481 e. The number of fused-ring (bicyclic) bond motifs is 1. The zero-order valence-corrected chi connectivity index (χ0v) is 26.4. The van der Waals surface area contributed by atoms with Crippen molar-refractivity contribution in [3.05, 3.63) is 82.8 Å². The van der Waals surface area contributed by atoms with E-state index in [-0.39, 0.29) is 27.7 Å². The standard InChI is InChI=1S/C31H33ClFN5O6S/c1-35-14-11-22(12-15-35)36-16-18-37(19-17-36)30(40)44-31(23-6-5-13-34-28(23)43-2)24-20-21(32)9-10-26(24)38(29(31)39)45(41,42)27-8-4-3-7-25(27)33/h3-10,13,20,22H,11-12,14-19H2,1-2H3. The Labute approximate surface area is 266 Å². The first kappa shape index (κ1) is 31.2. The number of piperidine rings is 1. The molecule has 45 heavy (non-hydrogen) atoms. The second-order valence-electron chi connectivity index (χ2n) is 11.3. The third kappa shape index (κ3) is 5.41. The molecule has 3 aliphatic heterocycles. The number of nitrogens with zero attached hydrogens (tertiary/aromatic N) is 5. The minimum atomic E-state index is -4.84. The lowest BCUT2D eigenvalue weighted by Gasteiger charge is -2.42. The molecular weight excluding hydrogens is 625 g/mol. The maximum atomic E-state index is 14.9. The van der Waals surface area contributed by atoms with Crippen LogP contribution in [0.3, 0.4) is 0 Å². The highest BCUT2D eigenvalue weighted by Crippen LogP contribution is 2.52. The fraction of sp³-hybridized carbons (Fsp3) is 0.387. The van der Waals surface area contributed by atoms with Crippen molar-refractivity contribution in [3.8, 4) is 5.88 Å². The van der Waals surface area contributed by atoms with Gasteiger partial charge in [0.05, 0.1) is 18.4 Å². The number of hydrogen-bond donors (Lipinski definition) is 0. The Morgan fingerprint density at radius 3 is 2.40 bits per heavy atom. The van der Waals surface area contributed by atoms with Crippen LogP contribution in [0.1, 0.15) is 24.0 Å². The summed E-state index contributed by atoms with van der Waals surface area (Å²) >= 11 is 6.40. The molecule has 11 nitrogen and oxygen atoms in total. The molecule has 0 N–H and O–H groups in total. The summed E-state index contributed by atoms with van der Waals surface area (Å²) in [5.74, 6) is -2.27. The zero-order chi connectivity index (χ0) is 31.9. The number of ether oxygens (including phenoxy) is 2. The Morgan fingerprint density at radius 2 is 1.71 bits per heavy atom. The van der Waals surface area contributed by atoms with E-state index >= 15 is 0 Å². The SMILES string of the molecule is COc1ncccc1C1(OC(=O)N2CCN(C3CCN(C)CC3)CC2)C(=O)N(S(=O)(=O)c2ccccc2F)c2ccc(Cl)cc21. The van der Waals surface area contributed by atoms with Gasteiger partial charge in [0.15, 0.2) is 0 Å². The van der Waals surface area contributed by atoms with E-state index < -0.39 is 38.3 Å². The van der Waals surface area contributed by atoms with E-state index in [2.05, 4.69) is 21.8 Å². The molecular formula is C31H33ClFN5O6S. The van der Waals surface area contributed by atoms with Crippen LogP contribution in [-0.4, -0.2) is 99.6 Å². The molecule has 1 aromatic heterocycles. The summed E-state index contributed by atoms with van der Waals surface area (Å²) in [6.45, 7) is 3.96. The van der Waals surface area contributed by atoms with Crippen LogP contribution in [0.2, 0.25) is 5.02 Å². The van der Waals surface area contributed by atoms with Gasteiger partial charge in [0.1, 0.15) is 10.7 Å². The van der Waals surface area contributed by atoms with Gasteiger partial charge in [-0.15, -0.1) is 0 Å². The number of amides is 2. The number of rotatable bonds is 6. The van der Waals surface area contributed by atoms with Crippen LogP contribution in [0.15, 0.2) is 65.7 Å². The van der Waals surface area contributed by atoms with Gasteiger partial charge in [0.2, 0.25) is 5.88 Å². The predicted molar refractivity (Wildman–Crippen MR) is 164 cm³/mol. The highest BCUT2D eigenvalue weighted by Gasteiger charge is 2.61. The van der Waals surface area contributed by atoms with Crippen molar-refractivity contribution < 1.29 is 31.9 Å². The van der Waals surface area contributed by atoms with Gasteiger partial charge in [0.25, 0.3) is 21.5 Å². The number of carbonyl (C=O) groups excluding carboxylic acids is 2. The summed E-state index contributed by atoms with van der Waals surface area (Å²) in [5, 5.41) is 0.154. The molecule has 6 rings (SSSR count). The molecule has 238 valence electrons. The van der Waals surface area contributed by atoms with Gasteiger partial charge in [0, 0.05) is 49.0 Å². The van der Waals surface area contributed by atoms with E-state index in [1.807, 2.05) is 0 Å². The summed E-state index contributed by atoms with van der Waals surface area (Å²) in [6.07, 6.45) is 2.69. The maximum absolute atomic E-state index is 14.9. The van der Waals surface area contributed by atoms with Crippen LogP contribution in [0, 0.1) is 5.82 Å². The van der Waals surface area contributed by atoms with E-state index in [0.717, 1.165) is 38.1 Å². The fourth-order valence-electron chi connectivity index (χ4n) is 6.39. The van der Waals surface area contributed by atoms with E-state index in [4.69, 9.17) is 21.1 Å². The van der Waals surface area contributed by atoms with Crippen LogP contribution < -0.4 is 9.04 Å². The number of hydrogen-bond acceptors (Lipinski definition) is 9. The minimum absolute atomic E-state index is 0.00874. The van der Waals surface area contributed by atoms with E-state index in [1.54, 1.807) is 0 Å². The number of benzene rings is 2. The number of likely N-dealkylation sites (tertiary alicyclic amines) is 1.